The van der Waals surface area contributed by atoms with Crippen LogP contribution >= 0.6 is 34.5 Å². The number of alkyl halides is 2. The number of carbonyl (C=O) groups is 2. The molecule has 1 heterocycles. The van der Waals surface area contributed by atoms with Crippen LogP contribution in [0, 0.1) is 0 Å². The van der Waals surface area contributed by atoms with Crippen molar-refractivity contribution in [3.8, 4) is 0 Å². The molecule has 0 bridgehead atoms. The van der Waals surface area contributed by atoms with E-state index in [4.69, 9.17) is 28.3 Å². The van der Waals surface area contributed by atoms with E-state index in [2.05, 4.69) is 4.98 Å². The molecule has 1 amide bonds. The fourth-order valence-electron chi connectivity index (χ4n) is 2.01. The number of hydrazine groups is 1. The molecule has 6 nitrogen and oxygen atoms in total. The largest absolute Gasteiger partial charge is 0.476 e. The zero-order valence-corrected chi connectivity index (χ0v) is 14.9. The van der Waals surface area contributed by atoms with Gasteiger partial charge in [-0.25, -0.2) is 19.8 Å². The number of aromatic nitrogens is 1. The van der Waals surface area contributed by atoms with E-state index in [9.17, 15) is 9.59 Å². The second-order valence-corrected chi connectivity index (χ2v) is 6.23. The second-order valence-electron chi connectivity index (χ2n) is 4.64. The van der Waals surface area contributed by atoms with Gasteiger partial charge in [0, 0.05) is 35.8 Å². The predicted octanol–water partition coefficient (Wildman–Crippen LogP) is 3.18. The Morgan fingerprint density at radius 3 is 2.25 bits per heavy atom. The summed E-state index contributed by atoms with van der Waals surface area (Å²) < 4.78 is 0. The number of aromatic carboxylic acids is 1. The van der Waals surface area contributed by atoms with Crippen LogP contribution in [0.1, 0.15) is 20.8 Å². The highest BCUT2D eigenvalue weighted by Crippen LogP contribution is 2.24. The van der Waals surface area contributed by atoms with Crippen LogP contribution in [0.15, 0.2) is 35.7 Å². The molecule has 0 aliphatic carbocycles. The lowest BCUT2D eigenvalue weighted by molar-refractivity contribution is 0.0690. The van der Waals surface area contributed by atoms with E-state index in [0.29, 0.717) is 18.7 Å². The van der Waals surface area contributed by atoms with Crippen molar-refractivity contribution in [2.75, 3.05) is 29.9 Å². The monoisotopic (exact) mass is 387 g/mol. The summed E-state index contributed by atoms with van der Waals surface area (Å²) >= 11 is 12.7. The van der Waals surface area contributed by atoms with Crippen molar-refractivity contribution >= 4 is 51.5 Å². The van der Waals surface area contributed by atoms with Crippen molar-refractivity contribution in [1.82, 2.24) is 9.99 Å². The van der Waals surface area contributed by atoms with E-state index in [1.165, 1.54) is 10.4 Å². The number of benzene rings is 1. The summed E-state index contributed by atoms with van der Waals surface area (Å²) in [5.41, 5.74) is 0.344. The highest BCUT2D eigenvalue weighted by atomic mass is 35.5. The number of hydrogen-bond acceptors (Lipinski definition) is 5. The number of amides is 1. The smallest absolute Gasteiger partial charge is 0.355 e. The summed E-state index contributed by atoms with van der Waals surface area (Å²) in [6.45, 7) is 0.740. The maximum atomic E-state index is 12.9. The lowest BCUT2D eigenvalue weighted by atomic mass is 10.2. The van der Waals surface area contributed by atoms with Gasteiger partial charge in [0.05, 0.1) is 0 Å². The Kier molecular flexibility index (Phi) is 6.99. The lowest BCUT2D eigenvalue weighted by Gasteiger charge is -2.32. The van der Waals surface area contributed by atoms with Crippen LogP contribution in [0.3, 0.4) is 0 Å². The molecule has 2 rings (SSSR count). The molecule has 1 aromatic carbocycles. The average Bonchev–Trinajstić information content (AvgIpc) is 3.06. The van der Waals surface area contributed by atoms with Crippen LogP contribution in [0.25, 0.3) is 0 Å². The number of hydrogen-bond donors (Lipinski definition) is 1. The molecule has 1 aromatic heterocycles. The first-order valence-electron chi connectivity index (χ1n) is 7.03. The van der Waals surface area contributed by atoms with E-state index in [1.54, 1.807) is 29.3 Å². The number of carbonyl (C=O) groups excluding carboxylic acids is 1. The normalized spacial score (nSPS) is 10.8. The van der Waals surface area contributed by atoms with Gasteiger partial charge in [0.25, 0.3) is 5.91 Å². The van der Waals surface area contributed by atoms with Crippen LogP contribution in [0.4, 0.5) is 5.13 Å². The van der Waals surface area contributed by atoms with Crippen LogP contribution in [-0.2, 0) is 0 Å². The zero-order chi connectivity index (χ0) is 17.5. The lowest BCUT2D eigenvalue weighted by Crippen LogP contribution is -2.48. The van der Waals surface area contributed by atoms with Gasteiger partial charge in [-0.05, 0) is 12.1 Å². The Morgan fingerprint density at radius 1 is 1.12 bits per heavy atom. The third kappa shape index (κ3) is 4.45. The summed E-state index contributed by atoms with van der Waals surface area (Å²) in [6.07, 6.45) is 0. The Hall–Kier alpha value is -1.67. The van der Waals surface area contributed by atoms with Crippen LogP contribution in [-0.4, -0.2) is 51.8 Å². The molecule has 0 aliphatic rings. The third-order valence-corrected chi connectivity index (χ3v) is 4.23. The van der Waals surface area contributed by atoms with Crippen molar-refractivity contribution < 1.29 is 14.7 Å². The van der Waals surface area contributed by atoms with Gasteiger partial charge >= 0.3 is 5.97 Å². The van der Waals surface area contributed by atoms with Crippen LogP contribution < -0.4 is 5.01 Å². The van der Waals surface area contributed by atoms with Gasteiger partial charge in [-0.1, -0.05) is 18.2 Å². The molecule has 0 radical (unpaired) electrons. The van der Waals surface area contributed by atoms with Gasteiger partial charge in [-0.2, -0.15) is 0 Å². The minimum Gasteiger partial charge on any atom is -0.476 e. The number of rotatable bonds is 8. The van der Waals surface area contributed by atoms with E-state index in [0.717, 1.165) is 11.3 Å². The summed E-state index contributed by atoms with van der Waals surface area (Å²) in [5, 5.41) is 13.7. The first-order valence-corrected chi connectivity index (χ1v) is 8.98. The minimum atomic E-state index is -1.15. The molecule has 0 fully saturated rings. The van der Waals surface area contributed by atoms with E-state index in [-0.39, 0.29) is 28.5 Å². The molecule has 0 spiro atoms. The summed E-state index contributed by atoms with van der Waals surface area (Å²) in [4.78, 5) is 28.1. The molecule has 24 heavy (non-hydrogen) atoms. The van der Waals surface area contributed by atoms with Crippen molar-refractivity contribution in [3.63, 3.8) is 0 Å². The zero-order valence-electron chi connectivity index (χ0n) is 12.6. The highest BCUT2D eigenvalue weighted by Gasteiger charge is 2.27. The van der Waals surface area contributed by atoms with Crippen molar-refractivity contribution in [1.29, 1.82) is 0 Å². The number of carboxylic acid groups (broad SMARTS) is 1. The number of carboxylic acids is 1. The number of nitrogens with zero attached hydrogens (tertiary/aromatic N) is 3. The highest BCUT2D eigenvalue weighted by molar-refractivity contribution is 7.14. The molecule has 2 aromatic rings. The first-order chi connectivity index (χ1) is 11.6. The molecule has 9 heteroatoms. The third-order valence-electron chi connectivity index (χ3n) is 3.07. The summed E-state index contributed by atoms with van der Waals surface area (Å²) in [6, 6.07) is 8.68. The van der Waals surface area contributed by atoms with Crippen LogP contribution in [0.2, 0.25) is 0 Å². The fraction of sp³-hybridized carbons (Fsp3) is 0.267. The molecule has 0 aliphatic heterocycles. The van der Waals surface area contributed by atoms with Gasteiger partial charge < -0.3 is 5.11 Å². The number of anilines is 1. The van der Waals surface area contributed by atoms with E-state index >= 15 is 0 Å². The quantitative estimate of drug-likeness (QED) is 0.556. The molecule has 1 N–H and O–H groups in total. The first kappa shape index (κ1) is 18.7. The van der Waals surface area contributed by atoms with Crippen molar-refractivity contribution in [2.24, 2.45) is 0 Å². The molecular formula is C15H15Cl2N3O3S. The van der Waals surface area contributed by atoms with E-state index in [1.807, 2.05) is 6.07 Å². The van der Waals surface area contributed by atoms with Gasteiger partial charge in [0.2, 0.25) is 5.13 Å². The van der Waals surface area contributed by atoms with Gasteiger partial charge in [0.1, 0.15) is 0 Å². The average molecular weight is 388 g/mol. The Morgan fingerprint density at radius 2 is 1.75 bits per heavy atom. The van der Waals surface area contributed by atoms with Gasteiger partial charge in [-0.3, -0.25) is 4.79 Å². The van der Waals surface area contributed by atoms with E-state index < -0.39 is 5.97 Å². The van der Waals surface area contributed by atoms with Gasteiger partial charge in [0.15, 0.2) is 5.69 Å². The van der Waals surface area contributed by atoms with Crippen LogP contribution in [0.5, 0.6) is 0 Å². The molecular weight excluding hydrogens is 373 g/mol. The summed E-state index contributed by atoms with van der Waals surface area (Å²) in [5.74, 6) is -0.901. The Balaban J connectivity index is 2.42. The second kappa shape index (κ2) is 8.98. The maximum Gasteiger partial charge on any atom is 0.355 e. The molecule has 0 saturated carbocycles. The Labute approximate surface area is 153 Å². The SMILES string of the molecule is O=C(O)c1csc(N(C(=O)c2ccccc2)N(CCCl)CCCl)n1. The number of thiazole rings is 1. The molecule has 128 valence electrons. The topological polar surface area (TPSA) is 73.7 Å². The maximum absolute atomic E-state index is 12.9. The van der Waals surface area contributed by atoms with Crippen molar-refractivity contribution in [3.05, 3.63) is 47.0 Å². The molecule has 0 unspecified atom stereocenters. The fourth-order valence-corrected chi connectivity index (χ4v) is 3.22. The summed E-state index contributed by atoms with van der Waals surface area (Å²) in [7, 11) is 0. The molecule has 0 atom stereocenters. The Bertz CT molecular complexity index is 690. The predicted molar refractivity (Wildman–Crippen MR) is 95.3 cm³/mol. The van der Waals surface area contributed by atoms with Crippen molar-refractivity contribution in [2.45, 2.75) is 0 Å². The molecule has 0 saturated heterocycles. The van der Waals surface area contributed by atoms with Gasteiger partial charge in [-0.15, -0.1) is 34.5 Å². The minimum absolute atomic E-state index is 0.113. The number of halogens is 2. The standard InChI is InChI=1S/C15H15Cl2N3O3S/c16-6-8-19(9-7-17)20(13(21)11-4-2-1-3-5-11)15-18-12(10-24-15)14(22)23/h1-5,10H,6-9H2,(H,22,23).